The van der Waals surface area contributed by atoms with E-state index in [1.807, 2.05) is 6.92 Å². The van der Waals surface area contributed by atoms with Gasteiger partial charge in [-0.1, -0.05) is 13.8 Å². The Morgan fingerprint density at radius 3 is 2.24 bits per heavy atom. The number of hydrogen-bond acceptors (Lipinski definition) is 3. The number of nitrogens with zero attached hydrogens (tertiary/aromatic N) is 1. The van der Waals surface area contributed by atoms with E-state index in [0.717, 1.165) is 6.42 Å². The molecule has 1 unspecified atom stereocenters. The van der Waals surface area contributed by atoms with Gasteiger partial charge in [0.15, 0.2) is 0 Å². The summed E-state index contributed by atoms with van der Waals surface area (Å²) in [5, 5.41) is 20.4. The molecule has 0 aliphatic heterocycles. The van der Waals surface area contributed by atoms with Crippen LogP contribution in [0, 0.1) is 0 Å². The highest BCUT2D eigenvalue weighted by Gasteiger charge is 2.33. The average Bonchev–Trinajstić information content (AvgIpc) is 2.28. The summed E-state index contributed by atoms with van der Waals surface area (Å²) in [6.45, 7) is 5.64. The van der Waals surface area contributed by atoms with Crippen LogP contribution in [0.3, 0.4) is 0 Å². The first-order chi connectivity index (χ1) is 7.91. The van der Waals surface area contributed by atoms with Crippen molar-refractivity contribution in [2.24, 2.45) is 0 Å². The van der Waals surface area contributed by atoms with Gasteiger partial charge in [-0.25, -0.2) is 9.59 Å². The van der Waals surface area contributed by atoms with E-state index in [9.17, 15) is 9.59 Å². The third-order valence-electron chi connectivity index (χ3n) is 2.71. The van der Waals surface area contributed by atoms with Gasteiger partial charge in [0.2, 0.25) is 0 Å². The summed E-state index contributed by atoms with van der Waals surface area (Å²) in [7, 11) is 0. The van der Waals surface area contributed by atoms with Crippen molar-refractivity contribution in [3.63, 3.8) is 0 Å². The number of rotatable bonds is 7. The number of carbonyl (C=O) groups excluding carboxylic acids is 1. The lowest BCUT2D eigenvalue weighted by Crippen LogP contribution is -2.56. The summed E-state index contributed by atoms with van der Waals surface area (Å²) in [4.78, 5) is 24.3. The molecule has 100 valence electrons. The van der Waals surface area contributed by atoms with Gasteiger partial charge in [0.1, 0.15) is 5.54 Å². The van der Waals surface area contributed by atoms with Gasteiger partial charge in [-0.15, -0.1) is 0 Å². The third-order valence-corrected chi connectivity index (χ3v) is 2.71. The van der Waals surface area contributed by atoms with Crippen LogP contribution < -0.4 is 5.32 Å². The molecule has 2 amide bonds. The molecule has 0 heterocycles. The molecule has 0 saturated heterocycles. The normalized spacial score (nSPS) is 13.9. The SMILES string of the molecule is CCCN(CCO)C(=O)NC(C)(CC)C(=O)O. The summed E-state index contributed by atoms with van der Waals surface area (Å²) in [5.41, 5.74) is -1.27. The molecule has 0 saturated carbocycles. The lowest BCUT2D eigenvalue weighted by atomic mass is 10.00. The van der Waals surface area contributed by atoms with Crippen LogP contribution in [0.15, 0.2) is 0 Å². The number of nitrogens with one attached hydrogen (secondary N) is 1. The summed E-state index contributed by atoms with van der Waals surface area (Å²) in [5.74, 6) is -1.06. The Bertz CT molecular complexity index is 264. The first-order valence-corrected chi connectivity index (χ1v) is 5.82. The van der Waals surface area contributed by atoms with Crippen molar-refractivity contribution >= 4 is 12.0 Å². The second-order valence-electron chi connectivity index (χ2n) is 4.13. The Hall–Kier alpha value is -1.30. The maximum atomic E-state index is 11.8. The molecule has 0 aromatic heterocycles. The zero-order chi connectivity index (χ0) is 13.5. The molecule has 0 aromatic carbocycles. The predicted molar refractivity (Wildman–Crippen MR) is 63.8 cm³/mol. The number of amides is 2. The molecule has 3 N–H and O–H groups in total. The number of carboxylic acids is 1. The molecule has 6 nitrogen and oxygen atoms in total. The molecule has 0 fully saturated rings. The molecule has 0 spiro atoms. The van der Waals surface area contributed by atoms with Crippen LogP contribution >= 0.6 is 0 Å². The minimum absolute atomic E-state index is 0.136. The van der Waals surface area contributed by atoms with Crippen molar-refractivity contribution in [2.75, 3.05) is 19.7 Å². The van der Waals surface area contributed by atoms with Crippen LogP contribution in [-0.4, -0.2) is 52.3 Å². The van der Waals surface area contributed by atoms with Crippen molar-refractivity contribution in [3.8, 4) is 0 Å². The minimum atomic E-state index is -1.27. The second-order valence-corrected chi connectivity index (χ2v) is 4.13. The maximum absolute atomic E-state index is 11.8. The lowest BCUT2D eigenvalue weighted by molar-refractivity contribution is -0.143. The Morgan fingerprint density at radius 1 is 1.29 bits per heavy atom. The van der Waals surface area contributed by atoms with Crippen molar-refractivity contribution in [3.05, 3.63) is 0 Å². The zero-order valence-electron chi connectivity index (χ0n) is 10.7. The Labute approximate surface area is 102 Å². The summed E-state index contributed by atoms with van der Waals surface area (Å²) in [6.07, 6.45) is 1.05. The molecule has 0 aromatic rings. The highest BCUT2D eigenvalue weighted by atomic mass is 16.4. The molecule has 17 heavy (non-hydrogen) atoms. The molecular weight excluding hydrogens is 224 g/mol. The highest BCUT2D eigenvalue weighted by molar-refractivity contribution is 5.85. The van der Waals surface area contributed by atoms with E-state index in [0.29, 0.717) is 13.0 Å². The molecular formula is C11H22N2O4. The standard InChI is InChI=1S/C11H22N2O4/c1-4-6-13(7-8-14)10(17)12-11(3,5-2)9(15)16/h14H,4-8H2,1-3H3,(H,12,17)(H,15,16). The number of urea groups is 1. The van der Waals surface area contributed by atoms with Crippen molar-refractivity contribution in [2.45, 2.75) is 39.2 Å². The lowest BCUT2D eigenvalue weighted by Gasteiger charge is -2.29. The van der Waals surface area contributed by atoms with Gasteiger partial charge in [0.25, 0.3) is 0 Å². The first kappa shape index (κ1) is 15.7. The van der Waals surface area contributed by atoms with Crippen LogP contribution in [0.25, 0.3) is 0 Å². The molecule has 1 atom stereocenters. The van der Waals surface area contributed by atoms with Crippen LogP contribution in [-0.2, 0) is 4.79 Å². The van der Waals surface area contributed by atoms with E-state index in [1.54, 1.807) is 6.92 Å². The van der Waals surface area contributed by atoms with Crippen molar-refractivity contribution in [1.29, 1.82) is 0 Å². The molecule has 0 radical (unpaired) electrons. The maximum Gasteiger partial charge on any atom is 0.329 e. The van der Waals surface area contributed by atoms with E-state index < -0.39 is 17.5 Å². The fourth-order valence-corrected chi connectivity index (χ4v) is 1.31. The molecule has 6 heteroatoms. The van der Waals surface area contributed by atoms with E-state index in [2.05, 4.69) is 5.32 Å². The van der Waals surface area contributed by atoms with Gasteiger partial charge in [-0.05, 0) is 19.8 Å². The number of hydrogen-bond donors (Lipinski definition) is 3. The highest BCUT2D eigenvalue weighted by Crippen LogP contribution is 2.10. The Balaban J connectivity index is 4.62. The van der Waals surface area contributed by atoms with Crippen molar-refractivity contribution in [1.82, 2.24) is 10.2 Å². The summed E-state index contributed by atoms with van der Waals surface area (Å²) in [6, 6.07) is -0.451. The topological polar surface area (TPSA) is 89.9 Å². The molecule has 0 rings (SSSR count). The van der Waals surface area contributed by atoms with E-state index in [-0.39, 0.29) is 13.2 Å². The number of aliphatic hydroxyl groups is 1. The van der Waals surface area contributed by atoms with Gasteiger partial charge in [-0.3, -0.25) is 0 Å². The zero-order valence-corrected chi connectivity index (χ0v) is 10.7. The minimum Gasteiger partial charge on any atom is -0.480 e. The average molecular weight is 246 g/mol. The van der Waals surface area contributed by atoms with Gasteiger partial charge < -0.3 is 20.4 Å². The molecule has 0 bridgehead atoms. The van der Waals surface area contributed by atoms with Crippen LogP contribution in [0.1, 0.15) is 33.6 Å². The number of carbonyl (C=O) groups is 2. The summed E-state index contributed by atoms with van der Waals surface area (Å²) >= 11 is 0. The van der Waals surface area contributed by atoms with Gasteiger partial charge in [-0.2, -0.15) is 0 Å². The smallest absolute Gasteiger partial charge is 0.329 e. The van der Waals surface area contributed by atoms with Gasteiger partial charge in [0.05, 0.1) is 6.61 Å². The van der Waals surface area contributed by atoms with Crippen LogP contribution in [0.4, 0.5) is 4.79 Å². The third kappa shape index (κ3) is 4.60. The number of carboxylic acid groups (broad SMARTS) is 1. The monoisotopic (exact) mass is 246 g/mol. The van der Waals surface area contributed by atoms with E-state index >= 15 is 0 Å². The molecule has 0 aliphatic carbocycles. The number of aliphatic carboxylic acids is 1. The van der Waals surface area contributed by atoms with Gasteiger partial charge in [0, 0.05) is 13.1 Å². The van der Waals surface area contributed by atoms with E-state index in [1.165, 1.54) is 11.8 Å². The van der Waals surface area contributed by atoms with E-state index in [4.69, 9.17) is 10.2 Å². The first-order valence-electron chi connectivity index (χ1n) is 5.82. The summed E-state index contributed by atoms with van der Waals surface area (Å²) < 4.78 is 0. The fourth-order valence-electron chi connectivity index (χ4n) is 1.31. The second kappa shape index (κ2) is 7.11. The van der Waals surface area contributed by atoms with Crippen molar-refractivity contribution < 1.29 is 19.8 Å². The fraction of sp³-hybridized carbons (Fsp3) is 0.818. The predicted octanol–water partition coefficient (Wildman–Crippen LogP) is 0.654. The Morgan fingerprint density at radius 2 is 1.88 bits per heavy atom. The van der Waals surface area contributed by atoms with Crippen LogP contribution in [0.5, 0.6) is 0 Å². The molecule has 0 aliphatic rings. The van der Waals surface area contributed by atoms with Gasteiger partial charge >= 0.3 is 12.0 Å². The largest absolute Gasteiger partial charge is 0.480 e. The van der Waals surface area contributed by atoms with Crippen LogP contribution in [0.2, 0.25) is 0 Å². The Kier molecular flexibility index (Phi) is 6.57. The number of aliphatic hydroxyl groups excluding tert-OH is 1. The quantitative estimate of drug-likeness (QED) is 0.615.